The quantitative estimate of drug-likeness (QED) is 0.762. The maximum atomic E-state index is 11.8. The highest BCUT2D eigenvalue weighted by Gasteiger charge is 2.30. The van der Waals surface area contributed by atoms with Gasteiger partial charge < -0.3 is 15.6 Å². The molecule has 1 aromatic rings. The van der Waals surface area contributed by atoms with Gasteiger partial charge in [0.05, 0.1) is 5.92 Å². The molecule has 5 nitrogen and oxygen atoms in total. The number of nitrogens with two attached hydrogens (primary N) is 1. The lowest BCUT2D eigenvalue weighted by atomic mass is 10.0. The Morgan fingerprint density at radius 2 is 2.47 bits per heavy atom. The SMILES string of the molecule is Cc1cc(NC(=O)C2CCCC2N)no1. The maximum absolute atomic E-state index is 11.8. The van der Waals surface area contributed by atoms with Crippen molar-refractivity contribution in [1.29, 1.82) is 0 Å². The fourth-order valence-electron chi connectivity index (χ4n) is 1.96. The van der Waals surface area contributed by atoms with E-state index in [2.05, 4.69) is 10.5 Å². The molecule has 2 rings (SSSR count). The summed E-state index contributed by atoms with van der Waals surface area (Å²) in [5.74, 6) is 1.02. The summed E-state index contributed by atoms with van der Waals surface area (Å²) >= 11 is 0. The molecule has 1 fully saturated rings. The molecule has 0 bridgehead atoms. The predicted molar refractivity (Wildman–Crippen MR) is 55.2 cm³/mol. The Balaban J connectivity index is 1.97. The fourth-order valence-corrected chi connectivity index (χ4v) is 1.96. The molecule has 0 saturated heterocycles. The third-order valence-electron chi connectivity index (χ3n) is 2.79. The maximum Gasteiger partial charge on any atom is 0.230 e. The van der Waals surface area contributed by atoms with E-state index in [4.69, 9.17) is 10.3 Å². The Kier molecular flexibility index (Phi) is 2.73. The van der Waals surface area contributed by atoms with Crippen LogP contribution in [0, 0.1) is 12.8 Å². The number of hydrogen-bond donors (Lipinski definition) is 2. The van der Waals surface area contributed by atoms with Gasteiger partial charge in [-0.3, -0.25) is 4.79 Å². The lowest BCUT2D eigenvalue weighted by Gasteiger charge is -2.13. The Hall–Kier alpha value is -1.36. The first-order valence-electron chi connectivity index (χ1n) is 5.16. The minimum Gasteiger partial charge on any atom is -0.360 e. The Morgan fingerprint density at radius 3 is 3.00 bits per heavy atom. The van der Waals surface area contributed by atoms with Crippen molar-refractivity contribution in [2.75, 3.05) is 5.32 Å². The number of carbonyl (C=O) groups excluding carboxylic acids is 1. The van der Waals surface area contributed by atoms with E-state index in [-0.39, 0.29) is 17.9 Å². The highest BCUT2D eigenvalue weighted by atomic mass is 16.5. The lowest BCUT2D eigenvalue weighted by molar-refractivity contribution is -0.120. The molecular weight excluding hydrogens is 194 g/mol. The first-order chi connectivity index (χ1) is 7.16. The van der Waals surface area contributed by atoms with Gasteiger partial charge in [-0.05, 0) is 19.8 Å². The van der Waals surface area contributed by atoms with Crippen LogP contribution in [0.2, 0.25) is 0 Å². The molecule has 1 aliphatic carbocycles. The largest absolute Gasteiger partial charge is 0.360 e. The highest BCUT2D eigenvalue weighted by molar-refractivity contribution is 5.92. The average molecular weight is 209 g/mol. The molecule has 3 N–H and O–H groups in total. The molecular formula is C10H15N3O2. The molecule has 1 amide bonds. The third-order valence-corrected chi connectivity index (χ3v) is 2.79. The highest BCUT2D eigenvalue weighted by Crippen LogP contribution is 2.25. The van der Waals surface area contributed by atoms with Gasteiger partial charge in [0, 0.05) is 12.1 Å². The van der Waals surface area contributed by atoms with Gasteiger partial charge in [0.15, 0.2) is 5.82 Å². The van der Waals surface area contributed by atoms with Crippen LogP contribution in [0.3, 0.4) is 0 Å². The van der Waals surface area contributed by atoms with Crippen LogP contribution < -0.4 is 11.1 Å². The number of hydrogen-bond acceptors (Lipinski definition) is 4. The summed E-state index contributed by atoms with van der Waals surface area (Å²) in [4.78, 5) is 11.8. The smallest absolute Gasteiger partial charge is 0.230 e. The molecule has 2 atom stereocenters. The van der Waals surface area contributed by atoms with Crippen LogP contribution in [0.25, 0.3) is 0 Å². The van der Waals surface area contributed by atoms with Crippen molar-refractivity contribution in [3.8, 4) is 0 Å². The normalized spacial score (nSPS) is 25.5. The zero-order valence-electron chi connectivity index (χ0n) is 8.69. The van der Waals surface area contributed by atoms with Crippen LogP contribution >= 0.6 is 0 Å². The summed E-state index contributed by atoms with van der Waals surface area (Å²) in [7, 11) is 0. The van der Waals surface area contributed by atoms with Crippen molar-refractivity contribution in [1.82, 2.24) is 5.16 Å². The second-order valence-electron chi connectivity index (χ2n) is 4.01. The van der Waals surface area contributed by atoms with Gasteiger partial charge in [0.25, 0.3) is 0 Å². The molecule has 82 valence electrons. The summed E-state index contributed by atoms with van der Waals surface area (Å²) < 4.78 is 4.86. The number of carbonyl (C=O) groups is 1. The van der Waals surface area contributed by atoms with Crippen LogP contribution in [0.15, 0.2) is 10.6 Å². The number of aromatic nitrogens is 1. The van der Waals surface area contributed by atoms with Crippen molar-refractivity contribution in [3.63, 3.8) is 0 Å². The van der Waals surface area contributed by atoms with Gasteiger partial charge in [0.1, 0.15) is 5.76 Å². The molecule has 1 heterocycles. The van der Waals surface area contributed by atoms with E-state index in [1.807, 2.05) is 0 Å². The second-order valence-corrected chi connectivity index (χ2v) is 4.01. The van der Waals surface area contributed by atoms with Crippen LogP contribution in [0.1, 0.15) is 25.0 Å². The first kappa shape index (κ1) is 10.2. The first-order valence-corrected chi connectivity index (χ1v) is 5.16. The van der Waals surface area contributed by atoms with Crippen LogP contribution in [0.4, 0.5) is 5.82 Å². The zero-order valence-corrected chi connectivity index (χ0v) is 8.69. The minimum atomic E-state index is -0.0815. The second kappa shape index (κ2) is 4.02. The van der Waals surface area contributed by atoms with Gasteiger partial charge >= 0.3 is 0 Å². The summed E-state index contributed by atoms with van der Waals surface area (Å²) in [6.45, 7) is 1.78. The molecule has 1 aromatic heterocycles. The van der Waals surface area contributed by atoms with Gasteiger partial charge in [0.2, 0.25) is 5.91 Å². The number of amides is 1. The number of nitrogens with one attached hydrogen (secondary N) is 1. The van der Waals surface area contributed by atoms with Crippen LogP contribution in [-0.4, -0.2) is 17.1 Å². The van der Waals surface area contributed by atoms with Crippen molar-refractivity contribution < 1.29 is 9.32 Å². The molecule has 0 aliphatic heterocycles. The zero-order chi connectivity index (χ0) is 10.8. The lowest BCUT2D eigenvalue weighted by Crippen LogP contribution is -2.34. The van der Waals surface area contributed by atoms with Gasteiger partial charge in [-0.15, -0.1) is 0 Å². The van der Waals surface area contributed by atoms with Crippen LogP contribution in [-0.2, 0) is 4.79 Å². The molecule has 1 aliphatic rings. The Labute approximate surface area is 88.0 Å². The van der Waals surface area contributed by atoms with Crippen LogP contribution in [0.5, 0.6) is 0 Å². The molecule has 0 aromatic carbocycles. The average Bonchev–Trinajstić information content (AvgIpc) is 2.75. The van der Waals surface area contributed by atoms with E-state index in [1.165, 1.54) is 0 Å². The fraction of sp³-hybridized carbons (Fsp3) is 0.600. The predicted octanol–water partition coefficient (Wildman–Crippen LogP) is 1.05. The van der Waals surface area contributed by atoms with Crippen molar-refractivity contribution in [2.45, 2.75) is 32.2 Å². The molecule has 1 saturated carbocycles. The number of anilines is 1. The van der Waals surface area contributed by atoms with E-state index >= 15 is 0 Å². The van der Waals surface area contributed by atoms with Gasteiger partial charge in [-0.1, -0.05) is 11.6 Å². The summed E-state index contributed by atoms with van der Waals surface area (Å²) in [6.07, 6.45) is 2.82. The van der Waals surface area contributed by atoms with Gasteiger partial charge in [-0.25, -0.2) is 0 Å². The van der Waals surface area contributed by atoms with Crippen molar-refractivity contribution in [3.05, 3.63) is 11.8 Å². The Morgan fingerprint density at radius 1 is 1.67 bits per heavy atom. The molecule has 0 spiro atoms. The standard InChI is InChI=1S/C10H15N3O2/c1-6-5-9(13-15-6)12-10(14)7-3-2-4-8(7)11/h5,7-8H,2-4,11H2,1H3,(H,12,13,14). The van der Waals surface area contributed by atoms with E-state index in [0.717, 1.165) is 19.3 Å². The van der Waals surface area contributed by atoms with Crippen molar-refractivity contribution in [2.24, 2.45) is 11.7 Å². The number of aryl methyl sites for hydroxylation is 1. The van der Waals surface area contributed by atoms with Crippen molar-refractivity contribution >= 4 is 11.7 Å². The molecule has 0 radical (unpaired) electrons. The summed E-state index contributed by atoms with van der Waals surface area (Å²) in [5.41, 5.74) is 5.83. The third kappa shape index (κ3) is 2.18. The summed E-state index contributed by atoms with van der Waals surface area (Å²) in [6, 6.07) is 1.68. The molecule has 5 heteroatoms. The minimum absolute atomic E-state index is 0.0157. The topological polar surface area (TPSA) is 81.2 Å². The van der Waals surface area contributed by atoms with E-state index < -0.39 is 0 Å². The number of rotatable bonds is 2. The van der Waals surface area contributed by atoms with E-state index in [0.29, 0.717) is 11.6 Å². The number of nitrogens with zero attached hydrogens (tertiary/aromatic N) is 1. The molecule has 2 unspecified atom stereocenters. The van der Waals surface area contributed by atoms with E-state index in [1.54, 1.807) is 13.0 Å². The summed E-state index contributed by atoms with van der Waals surface area (Å²) in [5, 5.41) is 6.42. The Bertz CT molecular complexity index is 361. The van der Waals surface area contributed by atoms with E-state index in [9.17, 15) is 4.79 Å². The molecule has 15 heavy (non-hydrogen) atoms. The monoisotopic (exact) mass is 209 g/mol. The van der Waals surface area contributed by atoms with Gasteiger partial charge in [-0.2, -0.15) is 0 Å².